The first-order chi connectivity index (χ1) is 9.92. The highest BCUT2D eigenvalue weighted by molar-refractivity contribution is 4.96. The number of nitrogens with zero attached hydrogens (tertiary/aromatic N) is 2. The molecule has 0 saturated heterocycles. The fraction of sp³-hybridized carbons (Fsp3) is 1.00. The van der Waals surface area contributed by atoms with Crippen molar-refractivity contribution in [2.75, 3.05) is 0 Å². The Balaban J connectivity index is 5.43. The summed E-state index contributed by atoms with van der Waals surface area (Å²) in [6, 6.07) is 0. The molecule has 8 heteroatoms. The van der Waals surface area contributed by atoms with Crippen LogP contribution in [0.25, 0.3) is 0 Å². The normalized spacial score (nSPS) is 13.2. The van der Waals surface area contributed by atoms with E-state index in [0.29, 0.717) is 6.42 Å². The van der Waals surface area contributed by atoms with Gasteiger partial charge in [0.15, 0.2) is 0 Å². The Morgan fingerprint density at radius 3 is 1.64 bits per heavy atom. The number of unbranched alkanes of at least 4 members (excludes halogenated alkanes) is 2. The minimum atomic E-state index is -1.20. The first-order valence-electron chi connectivity index (χ1n) is 7.69. The van der Waals surface area contributed by atoms with Gasteiger partial charge in [0.1, 0.15) is 0 Å². The van der Waals surface area contributed by atoms with Gasteiger partial charge in [0, 0.05) is 55.9 Å². The van der Waals surface area contributed by atoms with E-state index in [9.17, 15) is 20.2 Å². The number of rotatable bonds is 11. The van der Waals surface area contributed by atoms with Crippen LogP contribution in [0.15, 0.2) is 0 Å². The summed E-state index contributed by atoms with van der Waals surface area (Å²) in [4.78, 5) is 21.8. The molecular formula is C14H30N4O4. The van der Waals surface area contributed by atoms with Gasteiger partial charge < -0.3 is 0 Å². The quantitative estimate of drug-likeness (QED) is 0.261. The van der Waals surface area contributed by atoms with Crippen molar-refractivity contribution < 1.29 is 9.85 Å². The van der Waals surface area contributed by atoms with Gasteiger partial charge in [-0.15, -0.1) is 0 Å². The van der Waals surface area contributed by atoms with Crippen LogP contribution in [0.3, 0.4) is 0 Å². The van der Waals surface area contributed by atoms with E-state index in [0.717, 1.165) is 19.3 Å². The number of hydrogen-bond donors (Lipinski definition) is 2. The van der Waals surface area contributed by atoms with Crippen molar-refractivity contribution in [3.05, 3.63) is 20.2 Å². The number of nitrogens with one attached hydrogen (secondary N) is 1. The highest BCUT2D eigenvalue weighted by Gasteiger charge is 2.48. The molecule has 0 bridgehead atoms. The predicted molar refractivity (Wildman–Crippen MR) is 85.6 cm³/mol. The van der Waals surface area contributed by atoms with Gasteiger partial charge in [0.25, 0.3) is 0 Å². The molecule has 0 atom stereocenters. The Morgan fingerprint density at radius 1 is 0.955 bits per heavy atom. The maximum Gasteiger partial charge on any atom is 0.218 e. The maximum atomic E-state index is 11.2. The fourth-order valence-electron chi connectivity index (χ4n) is 2.91. The van der Waals surface area contributed by atoms with Gasteiger partial charge in [-0.1, -0.05) is 26.2 Å². The molecule has 0 spiro atoms. The van der Waals surface area contributed by atoms with Crippen LogP contribution < -0.4 is 11.3 Å². The molecule has 0 radical (unpaired) electrons. The number of hydrogen-bond acceptors (Lipinski definition) is 6. The molecule has 3 N–H and O–H groups in total. The van der Waals surface area contributed by atoms with Crippen LogP contribution in [-0.2, 0) is 0 Å². The van der Waals surface area contributed by atoms with Crippen molar-refractivity contribution in [2.24, 2.45) is 5.84 Å². The molecule has 22 heavy (non-hydrogen) atoms. The van der Waals surface area contributed by atoms with Gasteiger partial charge in [0.2, 0.25) is 11.1 Å². The number of nitro groups is 2. The third-order valence-corrected chi connectivity index (χ3v) is 4.10. The van der Waals surface area contributed by atoms with Crippen LogP contribution in [0.4, 0.5) is 0 Å². The molecule has 8 nitrogen and oxygen atoms in total. The summed E-state index contributed by atoms with van der Waals surface area (Å²) in [5, 5.41) is 22.5. The van der Waals surface area contributed by atoms with Crippen LogP contribution in [0.1, 0.15) is 73.1 Å². The average molecular weight is 318 g/mol. The molecule has 0 aliphatic heterocycles. The van der Waals surface area contributed by atoms with E-state index >= 15 is 0 Å². The standard InChI is InChI=1S/C14H30N4O4/c1-6-7-8-9-14(16-15,10-12(2,3)17(19)20)11-13(4,5)18(21)22/h16H,6-11,15H2,1-5H3. The zero-order valence-electron chi connectivity index (χ0n) is 14.3. The van der Waals surface area contributed by atoms with Crippen molar-refractivity contribution in [3.63, 3.8) is 0 Å². The molecule has 0 fully saturated rings. The molecular weight excluding hydrogens is 288 g/mol. The summed E-state index contributed by atoms with van der Waals surface area (Å²) in [5.41, 5.74) is -0.550. The van der Waals surface area contributed by atoms with E-state index in [1.54, 1.807) is 0 Å². The summed E-state index contributed by atoms with van der Waals surface area (Å²) in [6.07, 6.45) is 3.64. The average Bonchev–Trinajstić information content (AvgIpc) is 2.37. The summed E-state index contributed by atoms with van der Waals surface area (Å²) in [5.74, 6) is 5.71. The topological polar surface area (TPSA) is 124 Å². The lowest BCUT2D eigenvalue weighted by Gasteiger charge is -2.38. The van der Waals surface area contributed by atoms with Gasteiger partial charge in [-0.3, -0.25) is 31.5 Å². The second-order valence-corrected chi connectivity index (χ2v) is 7.37. The molecule has 0 heterocycles. The molecule has 0 amide bonds. The smallest absolute Gasteiger partial charge is 0.218 e. The summed E-state index contributed by atoms with van der Waals surface area (Å²) < 4.78 is 0. The van der Waals surface area contributed by atoms with E-state index in [2.05, 4.69) is 12.3 Å². The minimum absolute atomic E-state index is 0.143. The van der Waals surface area contributed by atoms with E-state index < -0.39 is 16.6 Å². The predicted octanol–water partition coefficient (Wildman–Crippen LogP) is 2.66. The lowest BCUT2D eigenvalue weighted by molar-refractivity contribution is -0.571. The van der Waals surface area contributed by atoms with Crippen molar-refractivity contribution >= 4 is 0 Å². The van der Waals surface area contributed by atoms with E-state index in [1.165, 1.54) is 27.7 Å². The van der Waals surface area contributed by atoms with Gasteiger partial charge in [-0.05, 0) is 6.42 Å². The second kappa shape index (κ2) is 7.82. The van der Waals surface area contributed by atoms with Crippen LogP contribution in [-0.4, -0.2) is 26.5 Å². The monoisotopic (exact) mass is 318 g/mol. The molecule has 130 valence electrons. The highest BCUT2D eigenvalue weighted by atomic mass is 16.6. The Morgan fingerprint density at radius 2 is 1.36 bits per heavy atom. The molecule has 0 aliphatic carbocycles. The Labute approximate surface area is 132 Å². The van der Waals surface area contributed by atoms with Crippen LogP contribution in [0.2, 0.25) is 0 Å². The largest absolute Gasteiger partial charge is 0.271 e. The third-order valence-electron chi connectivity index (χ3n) is 4.10. The van der Waals surface area contributed by atoms with Gasteiger partial charge in [-0.25, -0.2) is 0 Å². The molecule has 0 aromatic carbocycles. The summed E-state index contributed by atoms with van der Waals surface area (Å²) in [7, 11) is 0. The number of hydrazine groups is 1. The van der Waals surface area contributed by atoms with Crippen LogP contribution >= 0.6 is 0 Å². The van der Waals surface area contributed by atoms with Crippen molar-refractivity contribution in [2.45, 2.75) is 89.8 Å². The highest BCUT2D eigenvalue weighted by Crippen LogP contribution is 2.35. The zero-order chi connectivity index (χ0) is 17.6. The van der Waals surface area contributed by atoms with Crippen molar-refractivity contribution in [1.82, 2.24) is 5.43 Å². The summed E-state index contributed by atoms with van der Waals surface area (Å²) in [6.45, 7) is 8.16. The third kappa shape index (κ3) is 5.84. The van der Waals surface area contributed by atoms with E-state index in [4.69, 9.17) is 5.84 Å². The zero-order valence-corrected chi connectivity index (χ0v) is 14.3. The second-order valence-electron chi connectivity index (χ2n) is 7.37. The van der Waals surface area contributed by atoms with Crippen molar-refractivity contribution in [3.8, 4) is 0 Å². The lowest BCUT2D eigenvalue weighted by atomic mass is 9.74. The number of nitrogens with two attached hydrogens (primary N) is 1. The maximum absolute atomic E-state index is 11.2. The Hall–Kier alpha value is -1.28. The molecule has 0 aromatic rings. The van der Waals surface area contributed by atoms with Gasteiger partial charge >= 0.3 is 0 Å². The Bertz CT molecular complexity index is 368. The van der Waals surface area contributed by atoms with E-state index in [-0.39, 0.29) is 22.7 Å². The SMILES string of the molecule is CCCCCC(CC(C)(C)[N+](=O)[O-])(CC(C)(C)[N+](=O)[O-])NN. The minimum Gasteiger partial charge on any atom is -0.271 e. The molecule has 0 rings (SSSR count). The molecule has 0 unspecified atom stereocenters. The molecule has 0 aromatic heterocycles. The lowest BCUT2D eigenvalue weighted by Crippen LogP contribution is -2.58. The first-order valence-corrected chi connectivity index (χ1v) is 7.69. The first kappa shape index (κ1) is 20.7. The van der Waals surface area contributed by atoms with Gasteiger partial charge in [0.05, 0.1) is 0 Å². The summed E-state index contributed by atoms with van der Waals surface area (Å²) >= 11 is 0. The van der Waals surface area contributed by atoms with Crippen LogP contribution in [0, 0.1) is 20.2 Å². The van der Waals surface area contributed by atoms with Crippen molar-refractivity contribution in [1.29, 1.82) is 0 Å². The Kier molecular flexibility index (Phi) is 7.37. The molecule has 0 saturated carbocycles. The van der Waals surface area contributed by atoms with Gasteiger partial charge in [-0.2, -0.15) is 0 Å². The van der Waals surface area contributed by atoms with E-state index in [1.807, 2.05) is 0 Å². The van der Waals surface area contributed by atoms with Crippen LogP contribution in [0.5, 0.6) is 0 Å². The fourth-order valence-corrected chi connectivity index (χ4v) is 2.91. The molecule has 0 aliphatic rings.